The van der Waals surface area contributed by atoms with Gasteiger partial charge in [0.1, 0.15) is 5.75 Å². The lowest BCUT2D eigenvalue weighted by Gasteiger charge is -2.40. The van der Waals surface area contributed by atoms with Crippen LogP contribution in [0.15, 0.2) is 42.5 Å². The average Bonchev–Trinajstić information content (AvgIpc) is 3.10. The molecular weight excluding hydrogens is 314 g/mol. The monoisotopic (exact) mass is 337 g/mol. The predicted molar refractivity (Wildman–Crippen MR) is 101 cm³/mol. The van der Waals surface area contributed by atoms with Crippen LogP contribution >= 0.6 is 0 Å². The summed E-state index contributed by atoms with van der Waals surface area (Å²) in [6.07, 6.45) is 2.31. The largest absolute Gasteiger partial charge is 0.495 e. The van der Waals surface area contributed by atoms with Crippen LogP contribution in [-0.2, 0) is 0 Å². The molecular formula is C20H23N3O2. The Balaban J connectivity index is 1.65. The van der Waals surface area contributed by atoms with Gasteiger partial charge in [-0.05, 0) is 49.6 Å². The number of amides is 2. The van der Waals surface area contributed by atoms with Crippen LogP contribution in [0.2, 0.25) is 0 Å². The number of benzene rings is 2. The van der Waals surface area contributed by atoms with E-state index in [1.807, 2.05) is 48.2 Å². The molecule has 1 saturated heterocycles. The molecule has 5 nitrogen and oxygen atoms in total. The number of rotatable bonds is 2. The molecule has 25 heavy (non-hydrogen) atoms. The first-order chi connectivity index (χ1) is 12.2. The van der Waals surface area contributed by atoms with Crippen LogP contribution in [0.5, 0.6) is 5.75 Å². The van der Waals surface area contributed by atoms with Gasteiger partial charge in [0.15, 0.2) is 0 Å². The van der Waals surface area contributed by atoms with Gasteiger partial charge in [0.2, 0.25) is 0 Å². The van der Waals surface area contributed by atoms with E-state index >= 15 is 0 Å². The molecule has 4 rings (SSSR count). The minimum atomic E-state index is -0.108. The second-order valence-electron chi connectivity index (χ2n) is 6.72. The Bertz CT molecular complexity index is 805. The van der Waals surface area contributed by atoms with Gasteiger partial charge >= 0.3 is 6.03 Å². The lowest BCUT2D eigenvalue weighted by molar-refractivity contribution is 0.256. The number of nitrogens with one attached hydrogen (secondary N) is 1. The number of fused-ring (bicyclic) bond motifs is 3. The van der Waals surface area contributed by atoms with Crippen LogP contribution in [0.4, 0.5) is 21.9 Å². The van der Waals surface area contributed by atoms with Crippen molar-refractivity contribution in [2.45, 2.75) is 25.8 Å². The van der Waals surface area contributed by atoms with Crippen molar-refractivity contribution in [3.63, 3.8) is 0 Å². The number of carbonyl (C=O) groups excluding carboxylic acids is 1. The first kappa shape index (κ1) is 15.8. The molecule has 0 bridgehead atoms. The van der Waals surface area contributed by atoms with Crippen molar-refractivity contribution in [1.29, 1.82) is 0 Å². The van der Waals surface area contributed by atoms with Crippen LogP contribution in [0.25, 0.3) is 0 Å². The Hall–Kier alpha value is -2.69. The van der Waals surface area contributed by atoms with E-state index in [9.17, 15) is 4.79 Å². The summed E-state index contributed by atoms with van der Waals surface area (Å²) in [5.74, 6) is 0.673. The predicted octanol–water partition coefficient (Wildman–Crippen LogP) is 4.02. The number of urea groups is 1. The van der Waals surface area contributed by atoms with Gasteiger partial charge in [0.05, 0.1) is 24.2 Å². The topological polar surface area (TPSA) is 44.8 Å². The van der Waals surface area contributed by atoms with Crippen LogP contribution in [0.1, 0.15) is 18.4 Å². The van der Waals surface area contributed by atoms with E-state index in [1.165, 1.54) is 6.42 Å². The zero-order chi connectivity index (χ0) is 17.4. The first-order valence-corrected chi connectivity index (χ1v) is 8.76. The SMILES string of the molecule is COc1ccc(C)cc1NC(=O)N1C[C@H]2CCCN2c2ccccc21. The fourth-order valence-corrected chi connectivity index (χ4v) is 3.88. The fourth-order valence-electron chi connectivity index (χ4n) is 3.88. The molecule has 0 aromatic heterocycles. The number of nitrogens with zero attached hydrogens (tertiary/aromatic N) is 2. The summed E-state index contributed by atoms with van der Waals surface area (Å²) >= 11 is 0. The van der Waals surface area contributed by atoms with Gasteiger partial charge in [-0.25, -0.2) is 4.79 Å². The quantitative estimate of drug-likeness (QED) is 0.900. The maximum Gasteiger partial charge on any atom is 0.326 e. The van der Waals surface area contributed by atoms with E-state index in [4.69, 9.17) is 4.74 Å². The molecule has 2 heterocycles. The van der Waals surface area contributed by atoms with Gasteiger partial charge in [0.25, 0.3) is 0 Å². The molecule has 0 saturated carbocycles. The summed E-state index contributed by atoms with van der Waals surface area (Å²) < 4.78 is 5.39. The van der Waals surface area contributed by atoms with Gasteiger partial charge in [-0.3, -0.25) is 4.90 Å². The Labute approximate surface area is 148 Å². The molecule has 1 fully saturated rings. The zero-order valence-electron chi connectivity index (χ0n) is 14.7. The Kier molecular flexibility index (Phi) is 3.99. The number of hydrogen-bond donors (Lipinski definition) is 1. The average molecular weight is 337 g/mol. The van der Waals surface area contributed by atoms with Crippen molar-refractivity contribution in [2.75, 3.05) is 35.3 Å². The number of anilines is 3. The van der Waals surface area contributed by atoms with Crippen molar-refractivity contribution in [1.82, 2.24) is 0 Å². The lowest BCUT2D eigenvalue weighted by Crippen LogP contribution is -2.49. The number of methoxy groups -OCH3 is 1. The minimum Gasteiger partial charge on any atom is -0.495 e. The molecule has 2 aliphatic heterocycles. The van der Waals surface area contributed by atoms with Crippen LogP contribution in [0.3, 0.4) is 0 Å². The second kappa shape index (κ2) is 6.31. The van der Waals surface area contributed by atoms with Crippen LogP contribution in [-0.4, -0.2) is 32.3 Å². The van der Waals surface area contributed by atoms with Crippen molar-refractivity contribution in [2.24, 2.45) is 0 Å². The molecule has 1 atom stereocenters. The number of hydrogen-bond acceptors (Lipinski definition) is 3. The summed E-state index contributed by atoms with van der Waals surface area (Å²) in [6.45, 7) is 3.79. The third-order valence-corrected chi connectivity index (χ3v) is 5.09. The number of aryl methyl sites for hydroxylation is 1. The minimum absolute atomic E-state index is 0.108. The number of ether oxygens (including phenoxy) is 1. The second-order valence-corrected chi connectivity index (χ2v) is 6.72. The number of para-hydroxylation sites is 2. The Morgan fingerprint density at radius 3 is 2.80 bits per heavy atom. The standard InChI is InChI=1S/C20H23N3O2/c1-14-9-10-19(25-2)16(12-14)21-20(24)23-13-15-6-5-11-22(15)17-7-3-4-8-18(17)23/h3-4,7-10,12,15H,5-6,11,13H2,1-2H3,(H,21,24)/t15-/m1/s1. The molecule has 1 N–H and O–H groups in total. The van der Waals surface area contributed by atoms with E-state index in [0.29, 0.717) is 17.5 Å². The molecule has 0 radical (unpaired) electrons. The Morgan fingerprint density at radius 1 is 1.20 bits per heavy atom. The summed E-state index contributed by atoms with van der Waals surface area (Å²) in [6, 6.07) is 14.3. The van der Waals surface area contributed by atoms with E-state index < -0.39 is 0 Å². The lowest BCUT2D eigenvalue weighted by atomic mass is 10.1. The van der Waals surface area contributed by atoms with Crippen molar-refractivity contribution < 1.29 is 9.53 Å². The smallest absolute Gasteiger partial charge is 0.326 e. The maximum atomic E-state index is 13.0. The Morgan fingerprint density at radius 2 is 2.00 bits per heavy atom. The van der Waals surface area contributed by atoms with Gasteiger partial charge < -0.3 is 15.0 Å². The normalized spacial score (nSPS) is 18.6. The molecule has 0 spiro atoms. The number of carbonyl (C=O) groups is 1. The van der Waals surface area contributed by atoms with Crippen LogP contribution in [0, 0.1) is 6.92 Å². The molecule has 2 aromatic rings. The third-order valence-electron chi connectivity index (χ3n) is 5.09. The summed E-state index contributed by atoms with van der Waals surface area (Å²) in [5, 5.41) is 3.04. The third kappa shape index (κ3) is 2.80. The highest BCUT2D eigenvalue weighted by molar-refractivity contribution is 6.05. The summed E-state index contributed by atoms with van der Waals surface area (Å²) in [7, 11) is 1.62. The van der Waals surface area contributed by atoms with Crippen molar-refractivity contribution in [3.05, 3.63) is 48.0 Å². The van der Waals surface area contributed by atoms with E-state index in [-0.39, 0.29) is 6.03 Å². The summed E-state index contributed by atoms with van der Waals surface area (Å²) in [5.41, 5.74) is 3.92. The van der Waals surface area contributed by atoms with Crippen molar-refractivity contribution >= 4 is 23.1 Å². The molecule has 5 heteroatoms. The summed E-state index contributed by atoms with van der Waals surface area (Å²) in [4.78, 5) is 17.3. The highest BCUT2D eigenvalue weighted by Gasteiger charge is 2.36. The molecule has 2 aliphatic rings. The van der Waals surface area contributed by atoms with Crippen LogP contribution < -0.4 is 19.9 Å². The molecule has 2 amide bonds. The van der Waals surface area contributed by atoms with E-state index in [1.54, 1.807) is 7.11 Å². The van der Waals surface area contributed by atoms with E-state index in [2.05, 4.69) is 16.3 Å². The fraction of sp³-hybridized carbons (Fsp3) is 0.350. The molecule has 0 unspecified atom stereocenters. The molecule has 0 aliphatic carbocycles. The van der Waals surface area contributed by atoms with Gasteiger partial charge in [0, 0.05) is 19.1 Å². The zero-order valence-corrected chi connectivity index (χ0v) is 14.7. The maximum absolute atomic E-state index is 13.0. The highest BCUT2D eigenvalue weighted by atomic mass is 16.5. The van der Waals surface area contributed by atoms with Crippen molar-refractivity contribution in [3.8, 4) is 5.75 Å². The first-order valence-electron chi connectivity index (χ1n) is 8.76. The molecule has 130 valence electrons. The van der Waals surface area contributed by atoms with Gasteiger partial charge in [-0.15, -0.1) is 0 Å². The van der Waals surface area contributed by atoms with E-state index in [0.717, 1.165) is 36.4 Å². The van der Waals surface area contributed by atoms with Gasteiger partial charge in [-0.2, -0.15) is 0 Å². The van der Waals surface area contributed by atoms with Gasteiger partial charge in [-0.1, -0.05) is 18.2 Å². The molecule has 2 aromatic carbocycles. The highest BCUT2D eigenvalue weighted by Crippen LogP contribution is 2.39.